The summed E-state index contributed by atoms with van der Waals surface area (Å²) in [6, 6.07) is 15.7. The molecule has 6 nitrogen and oxygen atoms in total. The lowest BCUT2D eigenvalue weighted by atomic mass is 9.82. The summed E-state index contributed by atoms with van der Waals surface area (Å²) < 4.78 is 28.8. The number of anilines is 1. The molecule has 0 fully saturated rings. The molecule has 1 heterocycles. The van der Waals surface area contributed by atoms with Crippen LogP contribution in [-0.2, 0) is 20.4 Å². The Bertz CT molecular complexity index is 1340. The van der Waals surface area contributed by atoms with Crippen molar-refractivity contribution in [2.75, 3.05) is 18.4 Å². The Morgan fingerprint density at radius 3 is 2.24 bits per heavy atom. The molecule has 0 saturated heterocycles. The number of aryl methyl sites for hydroxylation is 1. The van der Waals surface area contributed by atoms with E-state index in [9.17, 15) is 18.3 Å². The van der Waals surface area contributed by atoms with E-state index >= 15 is 0 Å². The number of benzene rings is 3. The largest absolute Gasteiger partial charge is 0.377 e. The third-order valence-electron chi connectivity index (χ3n) is 5.77. The molecule has 0 radical (unpaired) electrons. The van der Waals surface area contributed by atoms with Gasteiger partial charge in [0.2, 0.25) is 5.91 Å². The molecule has 1 amide bonds. The van der Waals surface area contributed by atoms with Gasteiger partial charge >= 0.3 is 0 Å². The number of carbonyl (C=O) groups excluding carboxylic acids is 1. The Morgan fingerprint density at radius 2 is 1.64 bits per heavy atom. The summed E-state index contributed by atoms with van der Waals surface area (Å²) in [7, 11) is -1.26. The number of rotatable bonds is 4. The van der Waals surface area contributed by atoms with Gasteiger partial charge in [0.25, 0.3) is 10.0 Å². The Kier molecular flexibility index (Phi) is 5.95. The van der Waals surface area contributed by atoms with Crippen molar-refractivity contribution in [2.24, 2.45) is 0 Å². The van der Waals surface area contributed by atoms with Gasteiger partial charge in [-0.05, 0) is 43.3 Å². The molecule has 0 saturated carbocycles. The predicted octanol–water partition coefficient (Wildman–Crippen LogP) is 4.20. The molecular formula is C24H22Cl2N2O4S. The Labute approximate surface area is 203 Å². The zero-order valence-electron chi connectivity index (χ0n) is 18.2. The van der Waals surface area contributed by atoms with Gasteiger partial charge in [-0.15, -0.1) is 0 Å². The number of likely N-dealkylation sites (N-methyl/N-ethyl adjacent to an activating group) is 1. The van der Waals surface area contributed by atoms with E-state index in [0.717, 1.165) is 9.87 Å². The van der Waals surface area contributed by atoms with Gasteiger partial charge in [0.15, 0.2) is 6.04 Å². The Balaban J connectivity index is 2.08. The van der Waals surface area contributed by atoms with Gasteiger partial charge in [-0.25, -0.2) is 12.7 Å². The number of hydrogen-bond acceptors (Lipinski definition) is 4. The predicted molar refractivity (Wildman–Crippen MR) is 129 cm³/mol. The molecule has 4 rings (SSSR count). The van der Waals surface area contributed by atoms with Crippen LogP contribution in [0.4, 0.5) is 5.69 Å². The molecule has 0 aromatic heterocycles. The van der Waals surface area contributed by atoms with E-state index in [0.29, 0.717) is 0 Å². The molecule has 3 aromatic carbocycles. The summed E-state index contributed by atoms with van der Waals surface area (Å²) in [6.45, 7) is 1.85. The zero-order valence-corrected chi connectivity index (χ0v) is 20.5. The highest BCUT2D eigenvalue weighted by molar-refractivity contribution is 7.93. The highest BCUT2D eigenvalue weighted by Crippen LogP contribution is 2.52. The van der Waals surface area contributed by atoms with Gasteiger partial charge < -0.3 is 10.0 Å². The molecule has 9 heteroatoms. The summed E-state index contributed by atoms with van der Waals surface area (Å²) in [5.74, 6) is -0.611. The summed E-state index contributed by atoms with van der Waals surface area (Å²) in [5, 5.41) is 12.7. The number of aliphatic hydroxyl groups is 1. The molecule has 33 heavy (non-hydrogen) atoms. The summed E-state index contributed by atoms with van der Waals surface area (Å²) in [4.78, 5) is 14.8. The number of carbonyl (C=O) groups is 1. The van der Waals surface area contributed by atoms with Crippen molar-refractivity contribution in [3.63, 3.8) is 0 Å². The van der Waals surface area contributed by atoms with Crippen LogP contribution < -0.4 is 4.31 Å². The smallest absolute Gasteiger partial charge is 0.265 e. The lowest BCUT2D eigenvalue weighted by Crippen LogP contribution is -2.56. The van der Waals surface area contributed by atoms with E-state index in [2.05, 4.69) is 0 Å². The van der Waals surface area contributed by atoms with Crippen LogP contribution in [0.2, 0.25) is 10.0 Å². The van der Waals surface area contributed by atoms with E-state index in [1.807, 2.05) is 6.92 Å². The molecule has 1 aliphatic rings. The molecular weight excluding hydrogens is 483 g/mol. The fraction of sp³-hybridized carbons (Fsp3) is 0.208. The van der Waals surface area contributed by atoms with Gasteiger partial charge in [0, 0.05) is 35.3 Å². The Hall–Kier alpha value is -2.58. The van der Waals surface area contributed by atoms with Crippen LogP contribution in [-0.4, -0.2) is 44.5 Å². The summed E-state index contributed by atoms with van der Waals surface area (Å²) in [6.07, 6.45) is 0. The van der Waals surface area contributed by atoms with E-state index in [4.69, 9.17) is 23.2 Å². The van der Waals surface area contributed by atoms with Gasteiger partial charge in [-0.3, -0.25) is 4.79 Å². The molecule has 172 valence electrons. The van der Waals surface area contributed by atoms with Crippen LogP contribution in [0.5, 0.6) is 0 Å². The average molecular weight is 505 g/mol. The minimum atomic E-state index is -4.26. The quantitative estimate of drug-likeness (QED) is 0.577. The number of hydrogen-bond donors (Lipinski definition) is 1. The number of halogens is 2. The number of sulfonamides is 1. The normalized spacial score (nSPS) is 19.9. The molecule has 2 unspecified atom stereocenters. The number of nitrogens with zero attached hydrogens (tertiary/aromatic N) is 2. The van der Waals surface area contributed by atoms with Crippen molar-refractivity contribution in [3.05, 3.63) is 93.5 Å². The monoisotopic (exact) mass is 504 g/mol. The van der Waals surface area contributed by atoms with Crippen molar-refractivity contribution < 1.29 is 18.3 Å². The third-order valence-corrected chi connectivity index (χ3v) is 8.13. The lowest BCUT2D eigenvalue weighted by Gasteiger charge is -2.36. The number of fused-ring (bicyclic) bond motifs is 1. The molecule has 0 bridgehead atoms. The number of amides is 1. The molecule has 1 aliphatic heterocycles. The standard InChI is InChI=1S/C24H22Cl2N2O4S/c1-15-8-11-17(12-9-15)33(31,32)28-21-13-10-16(25)14-19(21)24(30,22(28)23(29)27(2)3)18-6-4-5-7-20(18)26/h4-14,22,30H,1-3H3. The molecule has 1 N–H and O–H groups in total. The van der Waals surface area contributed by atoms with Crippen LogP contribution in [0, 0.1) is 6.92 Å². The van der Waals surface area contributed by atoms with Gasteiger partial charge in [0.1, 0.15) is 5.60 Å². The molecule has 0 spiro atoms. The van der Waals surface area contributed by atoms with Gasteiger partial charge in [-0.1, -0.05) is 59.1 Å². The van der Waals surface area contributed by atoms with Crippen molar-refractivity contribution in [1.82, 2.24) is 4.90 Å². The van der Waals surface area contributed by atoms with Crippen LogP contribution >= 0.6 is 23.2 Å². The second-order valence-corrected chi connectivity index (χ2v) is 10.8. The second-order valence-electron chi connectivity index (χ2n) is 8.16. The summed E-state index contributed by atoms with van der Waals surface area (Å²) >= 11 is 12.7. The van der Waals surface area contributed by atoms with Crippen LogP contribution in [0.1, 0.15) is 16.7 Å². The highest BCUT2D eigenvalue weighted by atomic mass is 35.5. The van der Waals surface area contributed by atoms with E-state index in [-0.39, 0.29) is 31.8 Å². The SMILES string of the molecule is Cc1ccc(S(=O)(=O)N2c3ccc(Cl)cc3C(O)(c3ccccc3Cl)C2C(=O)N(C)C)cc1. The van der Waals surface area contributed by atoms with Crippen molar-refractivity contribution in [1.29, 1.82) is 0 Å². The molecule has 0 aliphatic carbocycles. The first-order valence-corrected chi connectivity index (χ1v) is 12.3. The van der Waals surface area contributed by atoms with Crippen molar-refractivity contribution in [3.8, 4) is 0 Å². The van der Waals surface area contributed by atoms with Crippen molar-refractivity contribution >= 4 is 44.8 Å². The van der Waals surface area contributed by atoms with Gasteiger partial charge in [-0.2, -0.15) is 0 Å². The fourth-order valence-electron chi connectivity index (χ4n) is 4.14. The van der Waals surface area contributed by atoms with Crippen molar-refractivity contribution in [2.45, 2.75) is 23.5 Å². The minimum Gasteiger partial charge on any atom is -0.377 e. The van der Waals surface area contributed by atoms with E-state index < -0.39 is 27.6 Å². The second kappa shape index (κ2) is 8.33. The van der Waals surface area contributed by atoms with E-state index in [1.165, 1.54) is 49.3 Å². The minimum absolute atomic E-state index is 0.00559. The first-order valence-electron chi connectivity index (χ1n) is 10.1. The molecule has 2 atom stereocenters. The first kappa shape index (κ1) is 23.6. The lowest BCUT2D eigenvalue weighted by molar-refractivity contribution is -0.134. The fourth-order valence-corrected chi connectivity index (χ4v) is 6.24. The Morgan fingerprint density at radius 1 is 1.00 bits per heavy atom. The summed E-state index contributed by atoms with van der Waals surface area (Å²) in [5.41, 5.74) is -0.660. The maximum Gasteiger partial charge on any atom is 0.265 e. The third kappa shape index (κ3) is 3.69. The van der Waals surface area contributed by atoms with E-state index in [1.54, 1.807) is 36.4 Å². The van der Waals surface area contributed by atoms with Crippen LogP contribution in [0.15, 0.2) is 71.6 Å². The maximum absolute atomic E-state index is 13.9. The maximum atomic E-state index is 13.9. The highest BCUT2D eigenvalue weighted by Gasteiger charge is 2.59. The average Bonchev–Trinajstić information content (AvgIpc) is 3.03. The topological polar surface area (TPSA) is 77.9 Å². The molecule has 3 aromatic rings. The van der Waals surface area contributed by atoms with Gasteiger partial charge in [0.05, 0.1) is 10.6 Å². The first-order chi connectivity index (χ1) is 15.5. The zero-order chi connectivity index (χ0) is 24.1. The van der Waals surface area contributed by atoms with Crippen LogP contribution in [0.3, 0.4) is 0 Å². The van der Waals surface area contributed by atoms with Crippen LogP contribution in [0.25, 0.3) is 0 Å².